The Labute approximate surface area is 218 Å². The van der Waals surface area contributed by atoms with Gasteiger partial charge >= 0.3 is 6.03 Å². The number of aromatic nitrogens is 2. The summed E-state index contributed by atoms with van der Waals surface area (Å²) in [4.78, 5) is 40.5. The van der Waals surface area contributed by atoms with Gasteiger partial charge in [-0.05, 0) is 64.1 Å². The molecule has 1 aliphatic heterocycles. The van der Waals surface area contributed by atoms with Gasteiger partial charge in [0, 0.05) is 18.6 Å². The Morgan fingerprint density at radius 2 is 1.81 bits per heavy atom. The Bertz CT molecular complexity index is 1160. The maximum Gasteiger partial charge on any atom is 0.321 e. The molecule has 0 unspecified atom stereocenters. The normalized spacial score (nSPS) is 25.8. The topological polar surface area (TPSA) is 105 Å². The highest BCUT2D eigenvalue weighted by atomic mass is 16.2. The standard InChI is InChI=1S/C28H35N7O2/c1-33(2)28(22-9-4-3-5-10-22)13-11-27(12-14-28)20-34(26(37)35(27)18-21-7-6-8-21)19-25(36)32-23-16-30-24(15-29)31-17-23/h3-5,9-10,16-17,21H,6-8,11-14,18-20H2,1-2H3,(H,32,36)/t27-,28-. The second-order valence-corrected chi connectivity index (χ2v) is 11.0. The quantitative estimate of drug-likeness (QED) is 0.622. The molecule has 1 aromatic heterocycles. The smallest absolute Gasteiger partial charge is 0.321 e. The zero-order chi connectivity index (χ0) is 26.0. The van der Waals surface area contributed by atoms with E-state index in [-0.39, 0.29) is 35.4 Å². The molecule has 2 heterocycles. The molecular weight excluding hydrogens is 466 g/mol. The van der Waals surface area contributed by atoms with Crippen LogP contribution in [0.25, 0.3) is 0 Å². The number of benzene rings is 1. The van der Waals surface area contributed by atoms with Gasteiger partial charge in [0.05, 0.1) is 23.6 Å². The van der Waals surface area contributed by atoms with E-state index in [2.05, 4.69) is 69.5 Å². The maximum atomic E-state index is 13.7. The van der Waals surface area contributed by atoms with Crippen molar-refractivity contribution in [2.45, 2.75) is 56.0 Å². The van der Waals surface area contributed by atoms with Crippen LogP contribution in [-0.4, -0.2) is 75.9 Å². The highest BCUT2D eigenvalue weighted by Gasteiger charge is 2.55. The van der Waals surface area contributed by atoms with Crippen LogP contribution in [0.4, 0.5) is 10.5 Å². The van der Waals surface area contributed by atoms with Crippen LogP contribution >= 0.6 is 0 Å². The van der Waals surface area contributed by atoms with Crippen molar-refractivity contribution in [1.29, 1.82) is 5.26 Å². The molecule has 3 fully saturated rings. The van der Waals surface area contributed by atoms with Crippen LogP contribution in [0.3, 0.4) is 0 Å². The molecule has 0 atom stereocenters. The van der Waals surface area contributed by atoms with Crippen LogP contribution in [0.1, 0.15) is 56.3 Å². The number of nitriles is 1. The van der Waals surface area contributed by atoms with Crippen LogP contribution in [0.15, 0.2) is 42.7 Å². The van der Waals surface area contributed by atoms with Crippen LogP contribution in [0.2, 0.25) is 0 Å². The lowest BCUT2D eigenvalue weighted by Gasteiger charge is -2.51. The summed E-state index contributed by atoms with van der Waals surface area (Å²) in [5.74, 6) is 0.313. The number of anilines is 1. The van der Waals surface area contributed by atoms with Gasteiger partial charge in [-0.1, -0.05) is 36.8 Å². The summed E-state index contributed by atoms with van der Waals surface area (Å²) in [6, 6.07) is 12.5. The molecule has 0 radical (unpaired) electrons. The summed E-state index contributed by atoms with van der Waals surface area (Å²) < 4.78 is 0. The third kappa shape index (κ3) is 4.78. The predicted molar refractivity (Wildman–Crippen MR) is 139 cm³/mol. The molecule has 2 aromatic rings. The number of nitrogens with zero attached hydrogens (tertiary/aromatic N) is 6. The fourth-order valence-corrected chi connectivity index (χ4v) is 6.33. The number of nitrogens with one attached hydrogen (secondary N) is 1. The first kappa shape index (κ1) is 25.2. The molecule has 9 nitrogen and oxygen atoms in total. The third-order valence-corrected chi connectivity index (χ3v) is 8.77. The lowest BCUT2D eigenvalue weighted by atomic mass is 9.68. The molecule has 1 N–H and O–H groups in total. The molecule has 2 aliphatic carbocycles. The van der Waals surface area contributed by atoms with Gasteiger partial charge in [0.25, 0.3) is 0 Å². The molecule has 1 aromatic carbocycles. The van der Waals surface area contributed by atoms with E-state index in [1.54, 1.807) is 4.90 Å². The summed E-state index contributed by atoms with van der Waals surface area (Å²) in [7, 11) is 4.31. The first-order valence-corrected chi connectivity index (χ1v) is 13.2. The lowest BCUT2D eigenvalue weighted by molar-refractivity contribution is -0.116. The summed E-state index contributed by atoms with van der Waals surface area (Å²) in [5, 5.41) is 11.6. The Kier molecular flexibility index (Phi) is 6.86. The van der Waals surface area contributed by atoms with Crippen LogP contribution in [-0.2, 0) is 10.3 Å². The third-order valence-electron chi connectivity index (χ3n) is 8.77. The van der Waals surface area contributed by atoms with E-state index >= 15 is 0 Å². The Balaban J connectivity index is 1.33. The Morgan fingerprint density at radius 3 is 2.38 bits per heavy atom. The zero-order valence-corrected chi connectivity index (χ0v) is 21.7. The molecular formula is C28H35N7O2. The Morgan fingerprint density at radius 1 is 1.14 bits per heavy atom. The number of hydrogen-bond acceptors (Lipinski definition) is 6. The number of urea groups is 1. The van der Waals surface area contributed by atoms with Crippen molar-refractivity contribution >= 4 is 17.6 Å². The number of hydrogen-bond donors (Lipinski definition) is 1. The zero-order valence-electron chi connectivity index (χ0n) is 21.7. The van der Waals surface area contributed by atoms with Gasteiger partial charge in [0.1, 0.15) is 12.6 Å². The molecule has 3 amide bonds. The first-order valence-electron chi connectivity index (χ1n) is 13.2. The van der Waals surface area contributed by atoms with E-state index in [9.17, 15) is 9.59 Å². The minimum atomic E-state index is -0.287. The largest absolute Gasteiger partial charge is 0.322 e. The number of amides is 3. The van der Waals surface area contributed by atoms with E-state index < -0.39 is 0 Å². The number of rotatable bonds is 7. The van der Waals surface area contributed by atoms with Crippen molar-refractivity contribution < 1.29 is 9.59 Å². The minimum absolute atomic E-state index is 0.0146. The van der Waals surface area contributed by atoms with Gasteiger partial charge in [-0.3, -0.25) is 9.69 Å². The van der Waals surface area contributed by atoms with E-state index in [1.807, 2.05) is 6.07 Å². The number of carbonyl (C=O) groups excluding carboxylic acids is 2. The van der Waals surface area contributed by atoms with Crippen molar-refractivity contribution in [1.82, 2.24) is 24.7 Å². The minimum Gasteiger partial charge on any atom is -0.322 e. The molecule has 2 saturated carbocycles. The van der Waals surface area contributed by atoms with Crippen molar-refractivity contribution in [3.05, 3.63) is 54.1 Å². The summed E-state index contributed by atoms with van der Waals surface area (Å²) >= 11 is 0. The highest BCUT2D eigenvalue weighted by molar-refractivity contribution is 5.94. The highest BCUT2D eigenvalue weighted by Crippen LogP contribution is 2.49. The van der Waals surface area contributed by atoms with Gasteiger partial charge in [0.15, 0.2) is 0 Å². The van der Waals surface area contributed by atoms with Crippen molar-refractivity contribution in [2.75, 3.05) is 39.0 Å². The average molecular weight is 502 g/mol. The average Bonchev–Trinajstić information content (AvgIpc) is 3.12. The first-order chi connectivity index (χ1) is 17.8. The van der Waals surface area contributed by atoms with E-state index in [4.69, 9.17) is 5.26 Å². The molecule has 37 heavy (non-hydrogen) atoms. The summed E-state index contributed by atoms with van der Waals surface area (Å²) in [6.45, 7) is 1.33. The van der Waals surface area contributed by atoms with Gasteiger partial charge in [-0.25, -0.2) is 14.8 Å². The lowest BCUT2D eigenvalue weighted by Crippen LogP contribution is -2.56. The van der Waals surface area contributed by atoms with Gasteiger partial charge in [0.2, 0.25) is 11.7 Å². The number of carbonyl (C=O) groups is 2. The van der Waals surface area contributed by atoms with Crippen LogP contribution in [0.5, 0.6) is 0 Å². The van der Waals surface area contributed by atoms with Gasteiger partial charge in [-0.15, -0.1) is 0 Å². The monoisotopic (exact) mass is 501 g/mol. The second-order valence-electron chi connectivity index (χ2n) is 11.0. The summed E-state index contributed by atoms with van der Waals surface area (Å²) in [6.07, 6.45) is 10.1. The van der Waals surface area contributed by atoms with Crippen LogP contribution in [0, 0.1) is 17.2 Å². The van der Waals surface area contributed by atoms with Crippen LogP contribution < -0.4 is 5.32 Å². The van der Waals surface area contributed by atoms with Crippen molar-refractivity contribution in [2.24, 2.45) is 5.92 Å². The Hall–Kier alpha value is -3.51. The fourth-order valence-electron chi connectivity index (χ4n) is 6.33. The molecule has 1 spiro atoms. The van der Waals surface area contributed by atoms with E-state index in [1.165, 1.54) is 37.2 Å². The van der Waals surface area contributed by atoms with Gasteiger partial charge in [-0.2, -0.15) is 5.26 Å². The molecule has 1 saturated heterocycles. The SMILES string of the molecule is CN(C)[C@]1(c2ccccc2)CC[C@@]2(CC1)CN(CC(=O)Nc1cnc(C#N)nc1)C(=O)N2CC1CCC1. The molecule has 3 aliphatic rings. The predicted octanol–water partition coefficient (Wildman–Crippen LogP) is 3.59. The van der Waals surface area contributed by atoms with E-state index in [0.717, 1.165) is 32.2 Å². The molecule has 194 valence electrons. The maximum absolute atomic E-state index is 13.7. The van der Waals surface area contributed by atoms with Crippen molar-refractivity contribution in [3.63, 3.8) is 0 Å². The fraction of sp³-hybridized carbons (Fsp3) is 0.536. The summed E-state index contributed by atoms with van der Waals surface area (Å²) in [5.41, 5.74) is 1.43. The second kappa shape index (κ2) is 10.1. The van der Waals surface area contributed by atoms with Crippen molar-refractivity contribution in [3.8, 4) is 6.07 Å². The van der Waals surface area contributed by atoms with E-state index in [0.29, 0.717) is 18.2 Å². The van der Waals surface area contributed by atoms with Gasteiger partial charge < -0.3 is 15.1 Å². The molecule has 0 bridgehead atoms. The molecule has 5 rings (SSSR count). The molecule has 9 heteroatoms.